The Hall–Kier alpha value is 0.540. The highest BCUT2D eigenvalue weighted by molar-refractivity contribution is 8.56. The number of rotatable bonds is 5. The van der Waals surface area contributed by atoms with Crippen molar-refractivity contribution in [2.45, 2.75) is 20.3 Å². The van der Waals surface area contributed by atoms with Crippen molar-refractivity contribution in [1.82, 2.24) is 0 Å². The predicted molar refractivity (Wildman–Crippen MR) is 47.9 cm³/mol. The van der Waals surface area contributed by atoms with Gasteiger partial charge in [-0.25, -0.2) is 0 Å². The van der Waals surface area contributed by atoms with E-state index in [1.54, 1.807) is 6.66 Å². The molecule has 10 heavy (non-hydrogen) atoms. The third-order valence-corrected chi connectivity index (χ3v) is 4.77. The lowest BCUT2D eigenvalue weighted by atomic mass is 10.5. The Morgan fingerprint density at radius 1 is 1.50 bits per heavy atom. The second kappa shape index (κ2) is 5.22. The van der Waals surface area contributed by atoms with Crippen molar-refractivity contribution < 1.29 is 9.09 Å². The predicted octanol–water partition coefficient (Wildman–Crippen LogP) is 2.99. The van der Waals surface area contributed by atoms with E-state index < -0.39 is 6.57 Å². The van der Waals surface area contributed by atoms with Gasteiger partial charge in [-0.1, -0.05) is 25.2 Å². The first-order valence-electron chi connectivity index (χ1n) is 3.49. The van der Waals surface area contributed by atoms with Gasteiger partial charge >= 0.3 is 0 Å². The van der Waals surface area contributed by atoms with Gasteiger partial charge in [0.1, 0.15) is 0 Å². The molecule has 0 heterocycles. The summed E-state index contributed by atoms with van der Waals surface area (Å²) in [5, 5.41) is 0. The molecule has 0 N–H and O–H groups in total. The quantitative estimate of drug-likeness (QED) is 0.611. The van der Waals surface area contributed by atoms with Crippen molar-refractivity contribution in [3.05, 3.63) is 0 Å². The third kappa shape index (κ3) is 5.33. The van der Waals surface area contributed by atoms with Gasteiger partial charge in [0.05, 0.1) is 6.61 Å². The van der Waals surface area contributed by atoms with E-state index >= 15 is 0 Å². The van der Waals surface area contributed by atoms with Gasteiger partial charge < -0.3 is 4.52 Å². The molecule has 0 bridgehead atoms. The van der Waals surface area contributed by atoms with Gasteiger partial charge in [-0.3, -0.25) is 4.57 Å². The Kier molecular flexibility index (Phi) is 5.51. The lowest BCUT2D eigenvalue weighted by molar-refractivity contribution is 0.328. The molecule has 2 nitrogen and oxygen atoms in total. The second-order valence-corrected chi connectivity index (χ2v) is 7.42. The monoisotopic (exact) mass is 182 g/mol. The fourth-order valence-electron chi connectivity index (χ4n) is 0.529. The summed E-state index contributed by atoms with van der Waals surface area (Å²) in [6, 6.07) is 0. The molecule has 1 atom stereocenters. The van der Waals surface area contributed by atoms with Crippen molar-refractivity contribution in [3.63, 3.8) is 0 Å². The zero-order chi connectivity index (χ0) is 8.04. The summed E-state index contributed by atoms with van der Waals surface area (Å²) >= 11 is 1.41. The highest BCUT2D eigenvalue weighted by atomic mass is 32.7. The molecule has 0 aromatic rings. The van der Waals surface area contributed by atoms with E-state index in [2.05, 4.69) is 0 Å². The zero-order valence-electron chi connectivity index (χ0n) is 6.79. The van der Waals surface area contributed by atoms with Crippen LogP contribution in [0.5, 0.6) is 0 Å². The van der Waals surface area contributed by atoms with E-state index in [9.17, 15) is 4.57 Å². The van der Waals surface area contributed by atoms with Crippen LogP contribution in [0.25, 0.3) is 0 Å². The van der Waals surface area contributed by atoms with Crippen LogP contribution in [-0.4, -0.2) is 19.0 Å². The molecule has 4 heteroatoms. The molecule has 0 spiro atoms. The first-order valence-corrected chi connectivity index (χ1v) is 7.15. The first kappa shape index (κ1) is 10.5. The first-order chi connectivity index (χ1) is 4.62. The van der Waals surface area contributed by atoms with Crippen molar-refractivity contribution in [1.29, 1.82) is 0 Å². The van der Waals surface area contributed by atoms with Crippen LogP contribution < -0.4 is 0 Å². The minimum absolute atomic E-state index is 0.612. The van der Waals surface area contributed by atoms with Crippen molar-refractivity contribution in [2.75, 3.05) is 19.0 Å². The highest BCUT2D eigenvalue weighted by Gasteiger charge is 2.13. The Labute approximate surface area is 66.9 Å². The van der Waals surface area contributed by atoms with Crippen LogP contribution in [0, 0.1) is 0 Å². The van der Waals surface area contributed by atoms with E-state index in [0.717, 1.165) is 12.2 Å². The maximum absolute atomic E-state index is 11.3. The summed E-state index contributed by atoms with van der Waals surface area (Å²) < 4.78 is 16.5. The van der Waals surface area contributed by atoms with Crippen LogP contribution in [-0.2, 0) is 9.09 Å². The smallest absolute Gasteiger partial charge is 0.254 e. The Morgan fingerprint density at radius 2 is 2.10 bits per heavy atom. The zero-order valence-corrected chi connectivity index (χ0v) is 8.50. The van der Waals surface area contributed by atoms with Crippen molar-refractivity contribution >= 4 is 18.0 Å². The Balaban J connectivity index is 3.53. The van der Waals surface area contributed by atoms with Gasteiger partial charge in [-0.15, -0.1) is 0 Å². The largest absolute Gasteiger partial charge is 0.321 e. The topological polar surface area (TPSA) is 26.3 Å². The van der Waals surface area contributed by atoms with Crippen LogP contribution in [0.15, 0.2) is 0 Å². The summed E-state index contributed by atoms with van der Waals surface area (Å²) in [5.41, 5.74) is 0. The number of hydrogen-bond donors (Lipinski definition) is 0. The van der Waals surface area contributed by atoms with E-state index in [0.29, 0.717) is 6.61 Å². The molecule has 0 saturated carbocycles. The molecule has 0 rings (SSSR count). The van der Waals surface area contributed by atoms with Gasteiger partial charge in [-0.05, 0) is 12.2 Å². The van der Waals surface area contributed by atoms with E-state index in [1.807, 2.05) is 13.8 Å². The summed E-state index contributed by atoms with van der Waals surface area (Å²) in [6.45, 7) is 3.99. The van der Waals surface area contributed by atoms with Crippen molar-refractivity contribution in [2.24, 2.45) is 0 Å². The van der Waals surface area contributed by atoms with Gasteiger partial charge in [0, 0.05) is 6.66 Å². The second-order valence-electron chi connectivity index (χ2n) is 2.02. The highest BCUT2D eigenvalue weighted by Crippen LogP contribution is 2.55. The molecule has 0 aromatic heterocycles. The summed E-state index contributed by atoms with van der Waals surface area (Å²) in [4.78, 5) is 0. The van der Waals surface area contributed by atoms with E-state index in [1.165, 1.54) is 11.4 Å². The molecule has 0 aliphatic rings. The van der Waals surface area contributed by atoms with Gasteiger partial charge in [0.15, 0.2) is 0 Å². The normalized spacial score (nSPS) is 16.7. The van der Waals surface area contributed by atoms with Crippen molar-refractivity contribution in [3.8, 4) is 0 Å². The lowest BCUT2D eigenvalue weighted by Crippen LogP contribution is -1.87. The Morgan fingerprint density at radius 3 is 2.50 bits per heavy atom. The van der Waals surface area contributed by atoms with Gasteiger partial charge in [0.2, 0.25) is 0 Å². The average molecular weight is 182 g/mol. The van der Waals surface area contributed by atoms with Crippen LogP contribution in [0.1, 0.15) is 20.3 Å². The van der Waals surface area contributed by atoms with Crippen LogP contribution in [0.2, 0.25) is 0 Å². The third-order valence-electron chi connectivity index (χ3n) is 0.894. The maximum atomic E-state index is 11.3. The van der Waals surface area contributed by atoms with Gasteiger partial charge in [0.25, 0.3) is 6.57 Å². The molecule has 0 aliphatic carbocycles. The molecular formula is C6H15O2PS. The summed E-state index contributed by atoms with van der Waals surface area (Å²) in [6.07, 6.45) is 0.933. The average Bonchev–Trinajstić information content (AvgIpc) is 1.84. The molecule has 0 radical (unpaired) electrons. The molecule has 0 fully saturated rings. The van der Waals surface area contributed by atoms with Crippen LogP contribution in [0.3, 0.4) is 0 Å². The van der Waals surface area contributed by atoms with E-state index in [-0.39, 0.29) is 0 Å². The summed E-state index contributed by atoms with van der Waals surface area (Å²) in [7, 11) is 0. The van der Waals surface area contributed by atoms with E-state index in [4.69, 9.17) is 4.52 Å². The standard InChI is InChI=1S/C6H15O2PS/c1-4-6-8-9(3,7)10-5-2/h4-6H2,1-3H3. The fourth-order valence-corrected chi connectivity index (χ4v) is 3.44. The maximum Gasteiger partial charge on any atom is 0.254 e. The Bertz CT molecular complexity index is 127. The molecule has 0 saturated heterocycles. The molecular weight excluding hydrogens is 167 g/mol. The number of hydrogen-bond acceptors (Lipinski definition) is 3. The minimum Gasteiger partial charge on any atom is -0.321 e. The fraction of sp³-hybridized carbons (Fsp3) is 1.00. The van der Waals surface area contributed by atoms with Gasteiger partial charge in [-0.2, -0.15) is 0 Å². The molecule has 1 unspecified atom stereocenters. The molecule has 0 aromatic carbocycles. The van der Waals surface area contributed by atoms with Crippen LogP contribution >= 0.6 is 18.0 Å². The SMILES string of the molecule is CCCOP(C)(=O)SCC. The molecule has 0 amide bonds. The molecule has 62 valence electrons. The summed E-state index contributed by atoms with van der Waals surface area (Å²) in [5.74, 6) is 0.859. The van der Waals surface area contributed by atoms with Crippen LogP contribution in [0.4, 0.5) is 0 Å². The molecule has 0 aliphatic heterocycles. The minimum atomic E-state index is -2.29. The lowest BCUT2D eigenvalue weighted by Gasteiger charge is -2.10.